The lowest BCUT2D eigenvalue weighted by Gasteiger charge is -2.40. The Hall–Kier alpha value is -1.01. The van der Waals surface area contributed by atoms with E-state index in [0.29, 0.717) is 48.3 Å². The van der Waals surface area contributed by atoms with E-state index in [1.165, 1.54) is 0 Å². The van der Waals surface area contributed by atoms with Gasteiger partial charge in [0.05, 0.1) is 5.41 Å². The molecule has 1 fully saturated rings. The molecule has 2 amide bonds. The monoisotopic (exact) mass is 421 g/mol. The van der Waals surface area contributed by atoms with Crippen molar-refractivity contribution in [1.29, 1.82) is 0 Å². The third kappa shape index (κ3) is 4.83. The average molecular weight is 423 g/mol. The lowest BCUT2D eigenvalue weighted by Crippen LogP contribution is -2.55. The van der Waals surface area contributed by atoms with Gasteiger partial charge >= 0.3 is 0 Å². The first-order valence-electron chi connectivity index (χ1n) is 8.61. The predicted octanol–water partition coefficient (Wildman–Crippen LogP) is 3.46. The second-order valence-electron chi connectivity index (χ2n) is 6.43. The minimum atomic E-state index is -0.493. The number of benzene rings is 1. The van der Waals surface area contributed by atoms with E-state index in [1.54, 1.807) is 23.1 Å². The molecule has 146 valence electrons. The second-order valence-corrected chi connectivity index (χ2v) is 7.31. The van der Waals surface area contributed by atoms with Crippen molar-refractivity contribution in [1.82, 2.24) is 9.80 Å². The zero-order valence-corrected chi connectivity index (χ0v) is 17.5. The highest BCUT2D eigenvalue weighted by molar-refractivity contribution is 6.35. The summed E-state index contributed by atoms with van der Waals surface area (Å²) in [5.74, 6) is -0.0227. The fourth-order valence-corrected chi connectivity index (χ4v) is 3.76. The highest BCUT2D eigenvalue weighted by Crippen LogP contribution is 2.28. The zero-order chi connectivity index (χ0) is 18.6. The van der Waals surface area contributed by atoms with E-state index in [4.69, 9.17) is 28.9 Å². The van der Waals surface area contributed by atoms with E-state index in [-0.39, 0.29) is 24.2 Å². The van der Waals surface area contributed by atoms with E-state index < -0.39 is 5.41 Å². The molecule has 2 rings (SSSR count). The van der Waals surface area contributed by atoms with Crippen molar-refractivity contribution >= 4 is 47.4 Å². The molecule has 0 unspecified atom stereocenters. The maximum atomic E-state index is 12.9. The zero-order valence-electron chi connectivity index (χ0n) is 15.1. The van der Waals surface area contributed by atoms with Crippen LogP contribution in [0.1, 0.15) is 37.0 Å². The molecule has 5 nitrogen and oxygen atoms in total. The van der Waals surface area contributed by atoms with Gasteiger partial charge in [0.25, 0.3) is 5.91 Å². The summed E-state index contributed by atoms with van der Waals surface area (Å²) in [4.78, 5) is 29.0. The first-order valence-corrected chi connectivity index (χ1v) is 9.37. The smallest absolute Gasteiger partial charge is 0.254 e. The van der Waals surface area contributed by atoms with Crippen LogP contribution >= 0.6 is 35.6 Å². The Balaban J connectivity index is 0.00000338. The largest absolute Gasteiger partial charge is 0.339 e. The Morgan fingerprint density at radius 2 is 1.46 bits per heavy atom. The molecular weight excluding hydrogens is 397 g/mol. The molecule has 26 heavy (non-hydrogen) atoms. The van der Waals surface area contributed by atoms with Crippen LogP contribution in [-0.2, 0) is 4.79 Å². The molecule has 0 radical (unpaired) electrons. The van der Waals surface area contributed by atoms with Crippen molar-refractivity contribution in [2.45, 2.75) is 26.7 Å². The van der Waals surface area contributed by atoms with Crippen molar-refractivity contribution in [3.05, 3.63) is 33.8 Å². The minimum Gasteiger partial charge on any atom is -0.339 e. The van der Waals surface area contributed by atoms with Crippen molar-refractivity contribution in [3.8, 4) is 0 Å². The van der Waals surface area contributed by atoms with Gasteiger partial charge in [-0.05, 0) is 31.0 Å². The molecule has 0 spiro atoms. The van der Waals surface area contributed by atoms with Gasteiger partial charge in [-0.15, -0.1) is 12.4 Å². The van der Waals surface area contributed by atoms with Crippen molar-refractivity contribution in [3.63, 3.8) is 0 Å². The number of carbonyl (C=O) groups excluding carboxylic acids is 2. The molecule has 1 aliphatic heterocycles. The maximum Gasteiger partial charge on any atom is 0.254 e. The number of carbonyl (C=O) groups is 2. The summed E-state index contributed by atoms with van der Waals surface area (Å²) in [6.07, 6.45) is 1.44. The molecule has 1 aromatic rings. The summed E-state index contributed by atoms with van der Waals surface area (Å²) in [7, 11) is 0. The number of halogens is 3. The molecule has 0 bridgehead atoms. The average Bonchev–Trinajstić information content (AvgIpc) is 2.62. The lowest BCUT2D eigenvalue weighted by atomic mass is 9.81. The molecule has 1 aliphatic rings. The fourth-order valence-electron chi connectivity index (χ4n) is 3.24. The van der Waals surface area contributed by atoms with E-state index in [2.05, 4.69) is 0 Å². The summed E-state index contributed by atoms with van der Waals surface area (Å²) >= 11 is 12.0. The van der Waals surface area contributed by atoms with Gasteiger partial charge in [-0.25, -0.2) is 0 Å². The SMILES string of the molecule is CCC(CC)(CN)C(=O)N1CCN(C(=O)c2cc(Cl)cc(Cl)c2)CC1.Cl. The fraction of sp³-hybridized carbons (Fsp3) is 0.556. The molecule has 0 aliphatic carbocycles. The molecule has 2 N–H and O–H groups in total. The summed E-state index contributed by atoms with van der Waals surface area (Å²) in [5.41, 5.74) is 5.85. The summed E-state index contributed by atoms with van der Waals surface area (Å²) in [5, 5.41) is 0.867. The highest BCUT2D eigenvalue weighted by Gasteiger charge is 2.38. The van der Waals surface area contributed by atoms with Crippen LogP contribution in [0.3, 0.4) is 0 Å². The van der Waals surface area contributed by atoms with Crippen LogP contribution in [0.15, 0.2) is 18.2 Å². The molecule has 0 atom stereocenters. The van der Waals surface area contributed by atoms with Crippen LogP contribution in [0, 0.1) is 5.41 Å². The topological polar surface area (TPSA) is 66.6 Å². The first-order chi connectivity index (χ1) is 11.9. The number of nitrogens with two attached hydrogens (primary N) is 1. The van der Waals surface area contributed by atoms with Gasteiger partial charge in [0.15, 0.2) is 0 Å². The van der Waals surface area contributed by atoms with Crippen molar-refractivity contribution in [2.24, 2.45) is 11.1 Å². The standard InChI is InChI=1S/C18H25Cl2N3O2.ClH/c1-3-18(4-2,12-21)17(25)23-7-5-22(6-8-23)16(24)13-9-14(19)11-15(20)10-13;/h9-11H,3-8,12,21H2,1-2H3;1H. The second kappa shape index (κ2) is 9.79. The Labute approximate surface area is 171 Å². The van der Waals surface area contributed by atoms with Crippen molar-refractivity contribution in [2.75, 3.05) is 32.7 Å². The van der Waals surface area contributed by atoms with Gasteiger partial charge in [-0.3, -0.25) is 9.59 Å². The molecule has 0 aromatic heterocycles. The third-order valence-corrected chi connectivity index (χ3v) is 5.60. The summed E-state index contributed by atoms with van der Waals surface area (Å²) in [6, 6.07) is 4.82. The van der Waals surface area contributed by atoms with E-state index in [9.17, 15) is 9.59 Å². The van der Waals surface area contributed by atoms with Gasteiger partial charge in [0.2, 0.25) is 5.91 Å². The van der Waals surface area contributed by atoms with Crippen LogP contribution in [0.25, 0.3) is 0 Å². The van der Waals surface area contributed by atoms with Gasteiger partial charge < -0.3 is 15.5 Å². The van der Waals surface area contributed by atoms with Crippen molar-refractivity contribution < 1.29 is 9.59 Å². The van der Waals surface area contributed by atoms with Gasteiger partial charge in [0, 0.05) is 48.3 Å². The van der Waals surface area contributed by atoms with Crippen LogP contribution in [0.5, 0.6) is 0 Å². The predicted molar refractivity (Wildman–Crippen MR) is 108 cm³/mol. The summed E-state index contributed by atoms with van der Waals surface area (Å²) in [6.45, 7) is 6.35. The molecule has 8 heteroatoms. The number of hydrogen-bond donors (Lipinski definition) is 1. The summed E-state index contributed by atoms with van der Waals surface area (Å²) < 4.78 is 0. The quantitative estimate of drug-likeness (QED) is 0.790. The molecule has 0 saturated carbocycles. The van der Waals surface area contributed by atoms with Crippen LogP contribution in [0.2, 0.25) is 10.0 Å². The third-order valence-electron chi connectivity index (χ3n) is 5.16. The molecule has 1 aromatic carbocycles. The van der Waals surface area contributed by atoms with Gasteiger partial charge in [-0.2, -0.15) is 0 Å². The van der Waals surface area contributed by atoms with E-state index in [1.807, 2.05) is 18.7 Å². The van der Waals surface area contributed by atoms with Crippen LogP contribution in [0.4, 0.5) is 0 Å². The van der Waals surface area contributed by atoms with Gasteiger partial charge in [-0.1, -0.05) is 37.0 Å². The van der Waals surface area contributed by atoms with Crippen LogP contribution in [-0.4, -0.2) is 54.3 Å². The van der Waals surface area contributed by atoms with Crippen LogP contribution < -0.4 is 5.73 Å². The molecular formula is C18H26Cl3N3O2. The van der Waals surface area contributed by atoms with E-state index >= 15 is 0 Å². The Kier molecular flexibility index (Phi) is 8.67. The Morgan fingerprint density at radius 3 is 1.88 bits per heavy atom. The first kappa shape index (κ1) is 23.0. The Bertz CT molecular complexity index is 614. The molecule has 1 heterocycles. The lowest BCUT2D eigenvalue weighted by molar-refractivity contribution is -0.143. The number of amides is 2. The van der Waals surface area contributed by atoms with E-state index in [0.717, 1.165) is 12.8 Å². The normalized spacial score (nSPS) is 14.8. The molecule has 1 saturated heterocycles. The number of nitrogens with zero attached hydrogens (tertiary/aromatic N) is 2. The minimum absolute atomic E-state index is 0. The number of piperazine rings is 1. The number of hydrogen-bond acceptors (Lipinski definition) is 3. The maximum absolute atomic E-state index is 12.9. The highest BCUT2D eigenvalue weighted by atomic mass is 35.5. The Morgan fingerprint density at radius 1 is 1.00 bits per heavy atom. The van der Waals surface area contributed by atoms with Gasteiger partial charge in [0.1, 0.15) is 0 Å². The number of rotatable bonds is 5.